The summed E-state index contributed by atoms with van der Waals surface area (Å²) in [7, 11) is 0. The third-order valence-corrected chi connectivity index (χ3v) is 4.21. The third kappa shape index (κ3) is 4.11. The van der Waals surface area contributed by atoms with Crippen molar-refractivity contribution >= 4 is 11.7 Å². The molecule has 7 heteroatoms. The summed E-state index contributed by atoms with van der Waals surface area (Å²) < 4.78 is 1.59. The molecule has 0 spiro atoms. The number of amides is 1. The summed E-state index contributed by atoms with van der Waals surface area (Å²) in [4.78, 5) is 18.4. The number of anilines is 1. The molecule has 0 radical (unpaired) electrons. The highest BCUT2D eigenvalue weighted by Gasteiger charge is 2.34. The first-order valence-corrected chi connectivity index (χ1v) is 8.18. The van der Waals surface area contributed by atoms with Crippen LogP contribution in [-0.4, -0.2) is 51.0 Å². The number of nitrogens with one attached hydrogen (secondary N) is 1. The van der Waals surface area contributed by atoms with Crippen LogP contribution in [0.1, 0.15) is 18.4 Å². The van der Waals surface area contributed by atoms with Gasteiger partial charge in [-0.25, -0.2) is 4.98 Å². The van der Waals surface area contributed by atoms with Crippen molar-refractivity contribution in [1.82, 2.24) is 20.1 Å². The van der Waals surface area contributed by atoms with Gasteiger partial charge in [-0.3, -0.25) is 9.48 Å². The number of aliphatic hydroxyl groups is 1. The van der Waals surface area contributed by atoms with E-state index in [4.69, 9.17) is 0 Å². The Hall–Kier alpha value is -2.41. The van der Waals surface area contributed by atoms with E-state index in [0.29, 0.717) is 13.0 Å². The van der Waals surface area contributed by atoms with Crippen molar-refractivity contribution in [3.63, 3.8) is 0 Å². The summed E-state index contributed by atoms with van der Waals surface area (Å²) in [5.41, 5.74) is 0.0746. The van der Waals surface area contributed by atoms with Crippen molar-refractivity contribution in [3.05, 3.63) is 42.4 Å². The van der Waals surface area contributed by atoms with Crippen molar-refractivity contribution in [2.24, 2.45) is 0 Å². The van der Waals surface area contributed by atoms with E-state index >= 15 is 0 Å². The second kappa shape index (κ2) is 7.00. The molecule has 1 aliphatic rings. The normalized spacial score (nSPS) is 20.8. The van der Waals surface area contributed by atoms with E-state index in [1.54, 1.807) is 17.1 Å². The largest absolute Gasteiger partial charge is 0.386 e. The number of β-amino-alcohol motifs (C(OH)–C–C–N with tert-alkyl or cyclic N) is 1. The first kappa shape index (κ1) is 16.4. The van der Waals surface area contributed by atoms with Crippen molar-refractivity contribution in [2.75, 3.05) is 24.5 Å². The van der Waals surface area contributed by atoms with Crippen LogP contribution in [0.2, 0.25) is 0 Å². The van der Waals surface area contributed by atoms with Gasteiger partial charge in [-0.15, -0.1) is 0 Å². The molecule has 2 N–H and O–H groups in total. The lowest BCUT2D eigenvalue weighted by Crippen LogP contribution is -2.54. The molecule has 1 saturated heterocycles. The predicted octanol–water partition coefficient (Wildman–Crippen LogP) is 0.734. The van der Waals surface area contributed by atoms with Crippen molar-refractivity contribution in [2.45, 2.75) is 31.9 Å². The minimum Gasteiger partial charge on any atom is -0.386 e. The van der Waals surface area contributed by atoms with Crippen LogP contribution in [-0.2, 0) is 11.3 Å². The van der Waals surface area contributed by atoms with Gasteiger partial charge >= 0.3 is 0 Å². The van der Waals surface area contributed by atoms with Crippen LogP contribution in [0.5, 0.6) is 0 Å². The van der Waals surface area contributed by atoms with Gasteiger partial charge in [0.25, 0.3) is 0 Å². The maximum atomic E-state index is 12.0. The van der Waals surface area contributed by atoms with E-state index in [1.165, 1.54) is 0 Å². The Labute approximate surface area is 141 Å². The summed E-state index contributed by atoms with van der Waals surface area (Å²) in [5.74, 6) is 0.704. The number of aryl methyl sites for hydroxylation is 1. The van der Waals surface area contributed by atoms with Crippen molar-refractivity contribution in [3.8, 4) is 0 Å². The maximum absolute atomic E-state index is 12.0. The summed E-state index contributed by atoms with van der Waals surface area (Å²) in [5, 5.41) is 17.7. The van der Waals surface area contributed by atoms with Crippen molar-refractivity contribution in [1.29, 1.82) is 0 Å². The molecule has 7 nitrogen and oxygen atoms in total. The number of piperidine rings is 1. The summed E-state index contributed by atoms with van der Waals surface area (Å²) in [6.45, 7) is 3.65. The zero-order valence-electron chi connectivity index (χ0n) is 13.9. The van der Waals surface area contributed by atoms with Crippen molar-refractivity contribution < 1.29 is 9.90 Å². The zero-order chi connectivity index (χ0) is 17.0. The highest BCUT2D eigenvalue weighted by atomic mass is 16.3. The molecule has 1 aliphatic heterocycles. The Morgan fingerprint density at radius 3 is 3.04 bits per heavy atom. The Morgan fingerprint density at radius 2 is 2.33 bits per heavy atom. The van der Waals surface area contributed by atoms with E-state index < -0.39 is 5.60 Å². The number of pyridine rings is 1. The number of aromatic nitrogens is 3. The third-order valence-electron chi connectivity index (χ3n) is 4.21. The SMILES string of the molecule is Cc1cnn(CC(=O)NCC2(O)CCCN(c3ccccn3)C2)c1. The van der Waals surface area contributed by atoms with Gasteiger partial charge in [0.05, 0.1) is 11.8 Å². The number of rotatable bonds is 5. The Kier molecular flexibility index (Phi) is 4.80. The summed E-state index contributed by atoms with van der Waals surface area (Å²) >= 11 is 0. The zero-order valence-corrected chi connectivity index (χ0v) is 13.9. The molecule has 2 aromatic heterocycles. The van der Waals surface area contributed by atoms with Crippen LogP contribution in [0.3, 0.4) is 0 Å². The molecule has 0 saturated carbocycles. The summed E-state index contributed by atoms with van der Waals surface area (Å²) in [6.07, 6.45) is 6.81. The van der Waals surface area contributed by atoms with Crippen LogP contribution in [0.4, 0.5) is 5.82 Å². The first-order valence-electron chi connectivity index (χ1n) is 8.18. The van der Waals surface area contributed by atoms with Gasteiger partial charge in [-0.05, 0) is 37.5 Å². The van der Waals surface area contributed by atoms with Gasteiger partial charge < -0.3 is 15.3 Å². The van der Waals surface area contributed by atoms with E-state index in [1.807, 2.05) is 31.3 Å². The molecule has 0 aromatic carbocycles. The van der Waals surface area contributed by atoms with Gasteiger partial charge in [0.2, 0.25) is 5.91 Å². The molecule has 1 amide bonds. The van der Waals surface area contributed by atoms with Crippen LogP contribution in [0, 0.1) is 6.92 Å². The number of carbonyl (C=O) groups is 1. The monoisotopic (exact) mass is 329 g/mol. The van der Waals surface area contributed by atoms with E-state index in [0.717, 1.165) is 24.3 Å². The molecule has 0 bridgehead atoms. The lowest BCUT2D eigenvalue weighted by molar-refractivity contribution is -0.123. The maximum Gasteiger partial charge on any atom is 0.241 e. The van der Waals surface area contributed by atoms with E-state index in [-0.39, 0.29) is 19.0 Å². The topological polar surface area (TPSA) is 83.3 Å². The van der Waals surface area contributed by atoms with Gasteiger partial charge in [0.1, 0.15) is 12.4 Å². The standard InChI is InChI=1S/C17H23N5O2/c1-14-9-20-22(10-14)11-16(23)19-12-17(24)6-4-8-21(13-17)15-5-2-3-7-18-15/h2-3,5,7,9-10,24H,4,6,8,11-13H2,1H3,(H,19,23). The number of nitrogens with zero attached hydrogens (tertiary/aromatic N) is 4. The number of hydrogen-bond donors (Lipinski definition) is 2. The molecule has 0 aliphatic carbocycles. The summed E-state index contributed by atoms with van der Waals surface area (Å²) in [6, 6.07) is 5.74. The van der Waals surface area contributed by atoms with Gasteiger partial charge in [-0.2, -0.15) is 5.10 Å². The molecule has 24 heavy (non-hydrogen) atoms. The average Bonchev–Trinajstić information content (AvgIpc) is 2.99. The van der Waals surface area contributed by atoms with Gasteiger partial charge in [-0.1, -0.05) is 6.07 Å². The molecule has 3 rings (SSSR count). The van der Waals surface area contributed by atoms with Crippen LogP contribution < -0.4 is 10.2 Å². The quantitative estimate of drug-likeness (QED) is 0.845. The first-order chi connectivity index (χ1) is 11.5. The fraction of sp³-hybridized carbons (Fsp3) is 0.471. The van der Waals surface area contributed by atoms with E-state index in [9.17, 15) is 9.90 Å². The fourth-order valence-corrected chi connectivity index (χ4v) is 3.01. The second-order valence-electron chi connectivity index (χ2n) is 6.43. The Bertz CT molecular complexity index is 687. The molecule has 1 atom stereocenters. The van der Waals surface area contributed by atoms with Gasteiger partial charge in [0, 0.05) is 32.0 Å². The minimum atomic E-state index is -0.939. The van der Waals surface area contributed by atoms with Gasteiger partial charge in [0.15, 0.2) is 0 Å². The molecule has 3 heterocycles. The molecule has 1 unspecified atom stereocenters. The molecule has 128 valence electrons. The molecule has 2 aromatic rings. The molecular formula is C17H23N5O2. The molecular weight excluding hydrogens is 306 g/mol. The molecule has 1 fully saturated rings. The highest BCUT2D eigenvalue weighted by molar-refractivity contribution is 5.75. The van der Waals surface area contributed by atoms with Crippen LogP contribution in [0.15, 0.2) is 36.8 Å². The lowest BCUT2D eigenvalue weighted by Gasteiger charge is -2.39. The average molecular weight is 329 g/mol. The van der Waals surface area contributed by atoms with E-state index in [2.05, 4.69) is 20.3 Å². The second-order valence-corrected chi connectivity index (χ2v) is 6.43. The lowest BCUT2D eigenvalue weighted by atomic mass is 9.92. The smallest absolute Gasteiger partial charge is 0.241 e. The number of hydrogen-bond acceptors (Lipinski definition) is 5. The Morgan fingerprint density at radius 1 is 1.46 bits per heavy atom. The predicted molar refractivity (Wildman–Crippen MR) is 90.6 cm³/mol. The number of carbonyl (C=O) groups excluding carboxylic acids is 1. The highest BCUT2D eigenvalue weighted by Crippen LogP contribution is 2.24. The minimum absolute atomic E-state index is 0.151. The van der Waals surface area contributed by atoms with Crippen LogP contribution >= 0.6 is 0 Å². The fourth-order valence-electron chi connectivity index (χ4n) is 3.01. The van der Waals surface area contributed by atoms with Crippen LogP contribution in [0.25, 0.3) is 0 Å². The Balaban J connectivity index is 1.54.